The number of nitrogens with zero attached hydrogens (tertiary/aromatic N) is 4. The van der Waals surface area contributed by atoms with Crippen molar-refractivity contribution in [3.63, 3.8) is 0 Å². The maximum Gasteiger partial charge on any atom is 0.137 e. The number of aryl methyl sites for hydroxylation is 1. The number of unbranched alkanes of at least 4 members (excludes halogenated alkanes) is 1. The van der Waals surface area contributed by atoms with Crippen LogP contribution in [0.3, 0.4) is 0 Å². The molecule has 0 bridgehead atoms. The quantitative estimate of drug-likeness (QED) is 0.127. The molecule has 53 heavy (non-hydrogen) atoms. The van der Waals surface area contributed by atoms with Crippen molar-refractivity contribution in [2.45, 2.75) is 92.9 Å². The van der Waals surface area contributed by atoms with Gasteiger partial charge in [0.15, 0.2) is 0 Å². The fraction of sp³-hybridized carbons (Fsp3) is 0.333. The number of fused-ring (bicyclic) bond motifs is 3. The maximum absolute atomic E-state index is 6.78. The number of pyridine rings is 1. The Labute approximate surface area is 315 Å². The van der Waals surface area contributed by atoms with Crippen LogP contribution in [-0.2, 0) is 24.7 Å². The van der Waals surface area contributed by atoms with Crippen molar-refractivity contribution < 1.29 is 4.74 Å². The number of rotatable bonds is 12. The van der Waals surface area contributed by atoms with Gasteiger partial charge in [0.1, 0.15) is 17.3 Å². The van der Waals surface area contributed by atoms with Crippen molar-refractivity contribution in [3.8, 4) is 34.1 Å². The fourth-order valence-electron chi connectivity index (χ4n) is 7.60. The van der Waals surface area contributed by atoms with Gasteiger partial charge in [0.25, 0.3) is 0 Å². The minimum atomic E-state index is 0.00833. The van der Waals surface area contributed by atoms with Crippen LogP contribution >= 0.6 is 0 Å². The zero-order chi connectivity index (χ0) is 37.3. The Morgan fingerprint density at radius 2 is 1.47 bits per heavy atom. The number of benzene rings is 4. The molecule has 3 heterocycles. The lowest BCUT2D eigenvalue weighted by atomic mass is 9.88. The van der Waals surface area contributed by atoms with E-state index in [1.807, 2.05) is 17.1 Å². The Bertz CT molecular complexity index is 2340. The van der Waals surface area contributed by atoms with Gasteiger partial charge in [-0.2, -0.15) is 5.10 Å². The third-order valence-corrected chi connectivity index (χ3v) is 10.1. The zero-order valence-electron chi connectivity index (χ0n) is 32.8. The molecule has 0 fully saturated rings. The minimum absolute atomic E-state index is 0.00833. The van der Waals surface area contributed by atoms with Crippen LogP contribution < -0.4 is 4.74 Å². The average molecular weight is 703 g/mol. The van der Waals surface area contributed by atoms with E-state index < -0.39 is 0 Å². The lowest BCUT2D eigenvalue weighted by Crippen LogP contribution is -2.12. The van der Waals surface area contributed by atoms with E-state index in [-0.39, 0.29) is 5.41 Å². The van der Waals surface area contributed by atoms with E-state index in [2.05, 4.69) is 157 Å². The normalized spacial score (nSPS) is 12.1. The molecule has 7 aromatic rings. The third kappa shape index (κ3) is 7.81. The van der Waals surface area contributed by atoms with Gasteiger partial charge in [-0.25, -0.2) is 9.67 Å². The Morgan fingerprint density at radius 3 is 2.19 bits per heavy atom. The fourth-order valence-corrected chi connectivity index (χ4v) is 7.60. The van der Waals surface area contributed by atoms with E-state index in [4.69, 9.17) is 14.8 Å². The van der Waals surface area contributed by atoms with Crippen LogP contribution in [0.4, 0.5) is 0 Å². The van der Waals surface area contributed by atoms with Crippen LogP contribution in [0.15, 0.2) is 110 Å². The lowest BCUT2D eigenvalue weighted by molar-refractivity contribution is 0.482. The third-order valence-electron chi connectivity index (χ3n) is 10.1. The van der Waals surface area contributed by atoms with E-state index >= 15 is 0 Å². The Morgan fingerprint density at radius 1 is 0.736 bits per heavy atom. The Kier molecular flexibility index (Phi) is 10.3. The number of aromatic nitrogens is 4. The standard InChI is InChI=1S/C48H54N4O/c1-9-10-14-34-25-39(51-31-37(30-50-51)47-35(23-32(2)3)15-13-16-36(47)24-33(4)5)28-41(26-34)53-40-19-20-43-42-17-11-12-18-44(42)52(45(43)29-40)46-27-38(21-22-49-46)48(6,7)8/h11-13,15-22,25-33H,9-10,14,23-24H2,1-8H3. The summed E-state index contributed by atoms with van der Waals surface area (Å²) in [6.07, 6.45) is 11.5. The molecule has 0 unspecified atom stereocenters. The van der Waals surface area contributed by atoms with E-state index in [0.29, 0.717) is 11.8 Å². The van der Waals surface area contributed by atoms with Crippen LogP contribution in [-0.4, -0.2) is 19.3 Å². The van der Waals surface area contributed by atoms with Crippen LogP contribution in [0.5, 0.6) is 11.5 Å². The monoisotopic (exact) mass is 702 g/mol. The maximum atomic E-state index is 6.78. The molecule has 5 nitrogen and oxygen atoms in total. The van der Waals surface area contributed by atoms with Gasteiger partial charge in [-0.1, -0.05) is 98.2 Å². The molecule has 0 aliphatic carbocycles. The largest absolute Gasteiger partial charge is 0.457 e. The van der Waals surface area contributed by atoms with E-state index in [9.17, 15) is 0 Å². The van der Waals surface area contributed by atoms with Crippen molar-refractivity contribution in [2.75, 3.05) is 0 Å². The first-order chi connectivity index (χ1) is 25.5. The molecule has 3 aromatic heterocycles. The van der Waals surface area contributed by atoms with Crippen molar-refractivity contribution >= 4 is 21.8 Å². The molecule has 5 heteroatoms. The topological polar surface area (TPSA) is 44.9 Å². The first-order valence-corrected chi connectivity index (χ1v) is 19.5. The number of para-hydroxylation sites is 1. The second-order valence-corrected chi connectivity index (χ2v) is 16.5. The highest BCUT2D eigenvalue weighted by Gasteiger charge is 2.19. The van der Waals surface area contributed by atoms with Gasteiger partial charge in [0.2, 0.25) is 0 Å². The molecule has 0 atom stereocenters. The molecule has 0 amide bonds. The predicted octanol–water partition coefficient (Wildman–Crippen LogP) is 12.9. The van der Waals surface area contributed by atoms with E-state index in [0.717, 1.165) is 66.1 Å². The van der Waals surface area contributed by atoms with Crippen LogP contribution in [0.2, 0.25) is 0 Å². The van der Waals surface area contributed by atoms with Gasteiger partial charge in [-0.05, 0) is 113 Å². The predicted molar refractivity (Wildman–Crippen MR) is 222 cm³/mol. The molecule has 0 saturated heterocycles. The van der Waals surface area contributed by atoms with Gasteiger partial charge in [-0.15, -0.1) is 0 Å². The molecule has 0 aliphatic heterocycles. The molecule has 0 N–H and O–H groups in total. The second kappa shape index (κ2) is 15.1. The summed E-state index contributed by atoms with van der Waals surface area (Å²) in [4.78, 5) is 4.87. The number of ether oxygens (including phenoxy) is 1. The zero-order valence-corrected chi connectivity index (χ0v) is 32.8. The van der Waals surface area contributed by atoms with Crippen LogP contribution in [0, 0.1) is 11.8 Å². The van der Waals surface area contributed by atoms with E-state index in [1.54, 1.807) is 0 Å². The van der Waals surface area contributed by atoms with Crippen molar-refractivity contribution in [3.05, 3.63) is 132 Å². The summed E-state index contributed by atoms with van der Waals surface area (Å²) >= 11 is 0. The summed E-state index contributed by atoms with van der Waals surface area (Å²) in [7, 11) is 0. The van der Waals surface area contributed by atoms with Gasteiger partial charge in [0, 0.05) is 40.9 Å². The number of hydrogen-bond acceptors (Lipinski definition) is 3. The molecular weight excluding hydrogens is 649 g/mol. The lowest BCUT2D eigenvalue weighted by Gasteiger charge is -2.20. The molecule has 272 valence electrons. The summed E-state index contributed by atoms with van der Waals surface area (Å²) in [5, 5.41) is 7.33. The van der Waals surface area contributed by atoms with Crippen LogP contribution in [0.1, 0.15) is 90.5 Å². The highest BCUT2D eigenvalue weighted by molar-refractivity contribution is 6.09. The Balaban J connectivity index is 1.29. The summed E-state index contributed by atoms with van der Waals surface area (Å²) in [5.74, 6) is 3.64. The van der Waals surface area contributed by atoms with Crippen molar-refractivity contribution in [1.29, 1.82) is 0 Å². The smallest absolute Gasteiger partial charge is 0.137 e. The molecule has 0 aliphatic rings. The number of hydrogen-bond donors (Lipinski definition) is 0. The summed E-state index contributed by atoms with van der Waals surface area (Å²) in [6, 6.07) is 32.7. The average Bonchev–Trinajstić information content (AvgIpc) is 3.73. The van der Waals surface area contributed by atoms with Crippen molar-refractivity contribution in [1.82, 2.24) is 19.3 Å². The first kappa shape index (κ1) is 36.2. The molecule has 0 saturated carbocycles. The summed E-state index contributed by atoms with van der Waals surface area (Å²) in [6.45, 7) is 18.2. The van der Waals surface area contributed by atoms with E-state index in [1.165, 1.54) is 44.2 Å². The molecule has 0 radical (unpaired) electrons. The molecule has 7 rings (SSSR count). The SMILES string of the molecule is CCCCc1cc(Oc2ccc3c4ccccc4n(-c4cc(C(C)(C)C)ccn4)c3c2)cc(-n2cc(-c3c(CC(C)C)cccc3CC(C)C)cn2)c1. The highest BCUT2D eigenvalue weighted by atomic mass is 16.5. The Hall–Kier alpha value is -5.16. The van der Waals surface area contributed by atoms with Crippen molar-refractivity contribution in [2.24, 2.45) is 11.8 Å². The minimum Gasteiger partial charge on any atom is -0.457 e. The summed E-state index contributed by atoms with van der Waals surface area (Å²) in [5.41, 5.74) is 11.0. The molecular formula is C48H54N4O. The van der Waals surface area contributed by atoms with Gasteiger partial charge >= 0.3 is 0 Å². The van der Waals surface area contributed by atoms with Gasteiger partial charge in [0.05, 0.1) is 22.9 Å². The van der Waals surface area contributed by atoms with Gasteiger partial charge in [-0.3, -0.25) is 4.57 Å². The molecule has 0 spiro atoms. The highest BCUT2D eigenvalue weighted by Crippen LogP contribution is 2.37. The van der Waals surface area contributed by atoms with Crippen LogP contribution in [0.25, 0.3) is 44.4 Å². The first-order valence-electron chi connectivity index (χ1n) is 19.5. The van der Waals surface area contributed by atoms with Gasteiger partial charge < -0.3 is 4.74 Å². The molecule has 4 aromatic carbocycles. The summed E-state index contributed by atoms with van der Waals surface area (Å²) < 4.78 is 11.1. The second-order valence-electron chi connectivity index (χ2n) is 16.5.